The normalized spacial score (nSPS) is 19.6. The minimum absolute atomic E-state index is 0.0253. The van der Waals surface area contributed by atoms with Gasteiger partial charge in [-0.05, 0) is 43.4 Å². The van der Waals surface area contributed by atoms with Crippen molar-refractivity contribution >= 4 is 46.2 Å². The average Bonchev–Trinajstić information content (AvgIpc) is 3.27. The Bertz CT molecular complexity index is 1220. The summed E-state index contributed by atoms with van der Waals surface area (Å²) in [4.78, 5) is 24.2. The van der Waals surface area contributed by atoms with Gasteiger partial charge >= 0.3 is 6.09 Å². The molecule has 2 aliphatic rings. The van der Waals surface area contributed by atoms with Crippen LogP contribution in [-0.2, 0) is 14.8 Å². The first kappa shape index (κ1) is 28.4. The molecule has 0 bridgehead atoms. The Labute approximate surface area is 228 Å². The van der Waals surface area contributed by atoms with Gasteiger partial charge in [-0.25, -0.2) is 27.3 Å². The predicted octanol–water partition coefficient (Wildman–Crippen LogP) is 3.59. The van der Waals surface area contributed by atoms with Crippen LogP contribution >= 0.6 is 12.6 Å². The minimum Gasteiger partial charge on any atom is -0.447 e. The van der Waals surface area contributed by atoms with E-state index >= 15 is 0 Å². The van der Waals surface area contributed by atoms with E-state index in [0.29, 0.717) is 5.75 Å². The molecule has 0 spiro atoms. The fourth-order valence-corrected chi connectivity index (χ4v) is 6.53. The number of nitrogens with one attached hydrogen (secondary N) is 2. The zero-order valence-corrected chi connectivity index (χ0v) is 23.5. The molecule has 0 radical (unpaired) electrons. The molecule has 1 aromatic heterocycles. The number of ether oxygens (including phenoxy) is 1. The first-order valence-corrected chi connectivity index (χ1v) is 15.1. The van der Waals surface area contributed by atoms with Gasteiger partial charge in [0.15, 0.2) is 11.6 Å². The second kappa shape index (κ2) is 12.0. The van der Waals surface area contributed by atoms with Gasteiger partial charge in [-0.2, -0.15) is 17.6 Å². The van der Waals surface area contributed by atoms with Crippen LogP contribution in [0.3, 0.4) is 0 Å². The van der Waals surface area contributed by atoms with E-state index in [-0.39, 0.29) is 48.2 Å². The Kier molecular flexibility index (Phi) is 8.99. The highest BCUT2D eigenvalue weighted by molar-refractivity contribution is 7.90. The standard InChI is InChI=1S/C25H35FN6O4S2/c1-16(2)22-15-36-25(33)32(22)23-21(26)14-27-24(29-23)28-17(3)18-4-6-20(7-5-18)31-10-8-19(9-11-31)30-38(34,35)13-12-37/h4-7,14,16-17,19,22,30,37H,8-13,15H2,1-3H3,(H,27,28,29)/t17-,22+/m0/s1. The number of piperidine rings is 1. The molecule has 4 rings (SSSR count). The number of carbonyl (C=O) groups excluding carboxylic acids is 1. The monoisotopic (exact) mass is 566 g/mol. The van der Waals surface area contributed by atoms with Crippen molar-refractivity contribution < 1.29 is 22.3 Å². The maximum atomic E-state index is 14.6. The molecule has 10 nitrogen and oxygen atoms in total. The predicted molar refractivity (Wildman–Crippen MR) is 149 cm³/mol. The van der Waals surface area contributed by atoms with Gasteiger partial charge < -0.3 is 15.0 Å². The molecule has 2 atom stereocenters. The maximum absolute atomic E-state index is 14.6. The van der Waals surface area contributed by atoms with Crippen molar-refractivity contribution in [2.24, 2.45) is 5.92 Å². The van der Waals surface area contributed by atoms with Gasteiger partial charge in [0.2, 0.25) is 16.0 Å². The molecule has 2 aromatic rings. The second-order valence-corrected chi connectivity index (χ2v) is 12.3. The van der Waals surface area contributed by atoms with Crippen LogP contribution in [0.4, 0.5) is 26.6 Å². The van der Waals surface area contributed by atoms with Crippen molar-refractivity contribution in [2.45, 2.75) is 51.7 Å². The van der Waals surface area contributed by atoms with Crippen LogP contribution in [0.1, 0.15) is 45.2 Å². The second-order valence-electron chi connectivity index (χ2n) is 10.0. The van der Waals surface area contributed by atoms with Crippen molar-refractivity contribution in [2.75, 3.05) is 46.3 Å². The molecular weight excluding hydrogens is 531 g/mol. The molecule has 2 fully saturated rings. The van der Waals surface area contributed by atoms with Crippen molar-refractivity contribution in [1.82, 2.24) is 14.7 Å². The molecule has 0 unspecified atom stereocenters. The zero-order valence-electron chi connectivity index (χ0n) is 21.8. The Balaban J connectivity index is 1.37. The van der Waals surface area contributed by atoms with E-state index in [2.05, 4.69) is 37.5 Å². The van der Waals surface area contributed by atoms with Gasteiger partial charge in [0.1, 0.15) is 6.61 Å². The molecule has 1 amide bonds. The highest BCUT2D eigenvalue weighted by Gasteiger charge is 2.39. The van der Waals surface area contributed by atoms with Crippen molar-refractivity contribution in [3.05, 3.63) is 41.8 Å². The number of anilines is 3. The molecule has 0 aliphatic carbocycles. The summed E-state index contributed by atoms with van der Waals surface area (Å²) in [6, 6.07) is 7.53. The quantitative estimate of drug-likeness (QED) is 0.374. The third-order valence-electron chi connectivity index (χ3n) is 6.93. The first-order valence-electron chi connectivity index (χ1n) is 12.8. The summed E-state index contributed by atoms with van der Waals surface area (Å²) in [6.45, 7) is 7.53. The minimum atomic E-state index is -3.28. The van der Waals surface area contributed by atoms with E-state index in [4.69, 9.17) is 4.74 Å². The Morgan fingerprint density at radius 3 is 2.50 bits per heavy atom. The zero-order chi connectivity index (χ0) is 27.4. The van der Waals surface area contributed by atoms with Crippen LogP contribution < -0.4 is 19.8 Å². The summed E-state index contributed by atoms with van der Waals surface area (Å²) in [6.07, 6.45) is 1.91. The van der Waals surface area contributed by atoms with Crippen molar-refractivity contribution in [1.29, 1.82) is 0 Å². The van der Waals surface area contributed by atoms with E-state index in [1.807, 2.05) is 45.0 Å². The number of amides is 1. The Morgan fingerprint density at radius 2 is 1.87 bits per heavy atom. The highest BCUT2D eigenvalue weighted by Crippen LogP contribution is 2.29. The average molecular weight is 567 g/mol. The summed E-state index contributed by atoms with van der Waals surface area (Å²) in [7, 11) is -3.28. The number of carbonyl (C=O) groups is 1. The number of nitrogens with zero attached hydrogens (tertiary/aromatic N) is 4. The summed E-state index contributed by atoms with van der Waals surface area (Å²) in [5.74, 6) is -0.177. The van der Waals surface area contributed by atoms with Gasteiger partial charge in [-0.3, -0.25) is 4.90 Å². The largest absolute Gasteiger partial charge is 0.447 e. The number of benzene rings is 1. The van der Waals surface area contributed by atoms with Crippen LogP contribution in [0.25, 0.3) is 0 Å². The van der Waals surface area contributed by atoms with E-state index < -0.39 is 21.9 Å². The molecule has 0 saturated carbocycles. The summed E-state index contributed by atoms with van der Waals surface area (Å²) < 4.78 is 46.5. The molecule has 208 valence electrons. The van der Waals surface area contributed by atoms with Crippen LogP contribution in [0.2, 0.25) is 0 Å². The number of rotatable bonds is 10. The number of halogens is 1. The van der Waals surface area contributed by atoms with E-state index in [1.165, 1.54) is 4.90 Å². The summed E-state index contributed by atoms with van der Waals surface area (Å²) in [5.41, 5.74) is 2.04. The molecule has 38 heavy (non-hydrogen) atoms. The molecule has 2 saturated heterocycles. The number of hydrogen-bond donors (Lipinski definition) is 3. The van der Waals surface area contributed by atoms with Gasteiger partial charge in [0, 0.05) is 30.6 Å². The Hall–Kier alpha value is -2.64. The number of cyclic esters (lactones) is 1. The van der Waals surface area contributed by atoms with Crippen LogP contribution in [0.15, 0.2) is 30.5 Å². The molecular formula is C25H35FN6O4S2. The first-order chi connectivity index (χ1) is 18.1. The number of aromatic nitrogens is 2. The number of thiol groups is 1. The summed E-state index contributed by atoms with van der Waals surface area (Å²) in [5, 5.41) is 3.19. The van der Waals surface area contributed by atoms with Crippen LogP contribution in [0, 0.1) is 11.7 Å². The molecule has 1 aromatic carbocycles. The van der Waals surface area contributed by atoms with Gasteiger partial charge in [-0.1, -0.05) is 26.0 Å². The topological polar surface area (TPSA) is 117 Å². The van der Waals surface area contributed by atoms with E-state index in [9.17, 15) is 17.6 Å². The third-order valence-corrected chi connectivity index (χ3v) is 8.89. The SMILES string of the molecule is CC(C)[C@H]1COC(=O)N1c1nc(N[C@@H](C)c2ccc(N3CCC(NS(=O)(=O)CCS)CC3)cc2)ncc1F. The number of sulfonamides is 1. The fourth-order valence-electron chi connectivity index (χ4n) is 4.71. The Morgan fingerprint density at radius 1 is 1.18 bits per heavy atom. The molecule has 3 heterocycles. The van der Waals surface area contributed by atoms with Crippen LogP contribution in [-0.4, -0.2) is 67.8 Å². The third kappa shape index (κ3) is 6.67. The number of hydrogen-bond acceptors (Lipinski definition) is 9. The van der Waals surface area contributed by atoms with E-state index in [0.717, 1.165) is 43.4 Å². The van der Waals surface area contributed by atoms with Crippen molar-refractivity contribution in [3.8, 4) is 0 Å². The van der Waals surface area contributed by atoms with Crippen molar-refractivity contribution in [3.63, 3.8) is 0 Å². The van der Waals surface area contributed by atoms with Crippen LogP contribution in [0.5, 0.6) is 0 Å². The van der Waals surface area contributed by atoms with Gasteiger partial charge in [0.25, 0.3) is 0 Å². The lowest BCUT2D eigenvalue weighted by atomic mass is 10.0. The molecule has 13 heteroatoms. The highest BCUT2D eigenvalue weighted by atomic mass is 32.2. The van der Waals surface area contributed by atoms with E-state index in [1.54, 1.807) is 0 Å². The van der Waals surface area contributed by atoms with Gasteiger partial charge in [0.05, 0.1) is 24.0 Å². The lowest BCUT2D eigenvalue weighted by Gasteiger charge is -2.34. The lowest BCUT2D eigenvalue weighted by molar-refractivity contribution is 0.177. The summed E-state index contributed by atoms with van der Waals surface area (Å²) >= 11 is 4.01. The molecule has 2 aliphatic heterocycles. The van der Waals surface area contributed by atoms with Gasteiger partial charge in [-0.15, -0.1) is 0 Å². The smallest absolute Gasteiger partial charge is 0.416 e. The lowest BCUT2D eigenvalue weighted by Crippen LogP contribution is -2.45. The molecule has 2 N–H and O–H groups in total. The maximum Gasteiger partial charge on any atom is 0.416 e. The fraction of sp³-hybridized carbons (Fsp3) is 0.560.